The van der Waals surface area contributed by atoms with Gasteiger partial charge in [-0.15, -0.1) is 11.3 Å². The molecule has 4 heterocycles. The summed E-state index contributed by atoms with van der Waals surface area (Å²) in [5.41, 5.74) is 9.86. The smallest absolute Gasteiger partial charge is 0.274 e. The van der Waals surface area contributed by atoms with Crippen molar-refractivity contribution in [3.8, 4) is 11.1 Å². The Morgan fingerprint density at radius 2 is 1.93 bits per heavy atom. The molecule has 0 atom stereocenters. The van der Waals surface area contributed by atoms with E-state index >= 15 is 4.39 Å². The summed E-state index contributed by atoms with van der Waals surface area (Å²) in [5, 5.41) is 3.15. The van der Waals surface area contributed by atoms with E-state index in [0.717, 1.165) is 62.7 Å². The Hall–Kier alpha value is -4.06. The first-order valence-electron chi connectivity index (χ1n) is 15.5. The van der Waals surface area contributed by atoms with Crippen LogP contribution in [0.2, 0.25) is 0 Å². The number of ether oxygens (including phenoxy) is 1. The summed E-state index contributed by atoms with van der Waals surface area (Å²) in [6.45, 7) is 5.44. The molecule has 1 aromatic carbocycles. The third kappa shape index (κ3) is 7.11. The number of fused-ring (bicyclic) bond motifs is 1. The Morgan fingerprint density at radius 3 is 2.71 bits per heavy atom. The molecule has 236 valence electrons. The van der Waals surface area contributed by atoms with E-state index in [1.165, 1.54) is 34.3 Å². The number of hydrogen-bond donors (Lipinski definition) is 2. The predicted octanol–water partition coefficient (Wildman–Crippen LogP) is 5.47. The van der Waals surface area contributed by atoms with Gasteiger partial charge in [0.05, 0.1) is 23.4 Å². The van der Waals surface area contributed by atoms with Gasteiger partial charge in [-0.25, -0.2) is 14.4 Å². The second kappa shape index (κ2) is 13.9. The molecule has 0 radical (unpaired) electrons. The number of aryl methyl sites for hydroxylation is 3. The zero-order valence-corrected chi connectivity index (χ0v) is 26.7. The lowest BCUT2D eigenvalue weighted by Crippen LogP contribution is -2.47. The van der Waals surface area contributed by atoms with Crippen LogP contribution in [-0.4, -0.2) is 66.7 Å². The Labute approximate surface area is 267 Å². The summed E-state index contributed by atoms with van der Waals surface area (Å²) in [5.74, 6) is 0.357. The number of nitrogens with one attached hydrogen (secondary N) is 1. The lowest BCUT2D eigenvalue weighted by molar-refractivity contribution is 0.144. The standard InChI is InChI=1S/C34H40FN7O2S/c1-40-22-24(26-8-6-9-27(32(26)35)39-33(36)30-20-23-7-4-3-5-10-29(23)45-30)19-28(34(40)43)38-31-12-11-25(21-37-31)42-15-13-41(14-16-42)17-18-44-2/h6,8-9,11-12,19-22H,3-5,7,10,13-18H2,1-2H3,(H2,36,39)(H,37,38). The molecule has 1 aliphatic heterocycles. The maximum absolute atomic E-state index is 15.9. The van der Waals surface area contributed by atoms with E-state index in [9.17, 15) is 4.79 Å². The molecule has 6 rings (SSSR count). The molecule has 1 saturated heterocycles. The lowest BCUT2D eigenvalue weighted by Gasteiger charge is -2.35. The summed E-state index contributed by atoms with van der Waals surface area (Å²) in [6.07, 6.45) is 9.18. The Kier molecular flexibility index (Phi) is 9.58. The van der Waals surface area contributed by atoms with Gasteiger partial charge in [0.2, 0.25) is 0 Å². The number of benzene rings is 1. The molecule has 0 spiro atoms. The highest BCUT2D eigenvalue weighted by Crippen LogP contribution is 2.33. The van der Waals surface area contributed by atoms with Gasteiger partial charge in [-0.2, -0.15) is 0 Å². The van der Waals surface area contributed by atoms with Gasteiger partial charge >= 0.3 is 0 Å². The lowest BCUT2D eigenvalue weighted by atomic mass is 10.1. The molecule has 1 fully saturated rings. The number of thiophene rings is 1. The Bertz CT molecular complexity index is 1700. The quantitative estimate of drug-likeness (QED) is 0.144. The molecule has 0 saturated carbocycles. The van der Waals surface area contributed by atoms with Crippen molar-refractivity contribution in [3.05, 3.63) is 86.3 Å². The van der Waals surface area contributed by atoms with Gasteiger partial charge in [-0.3, -0.25) is 9.69 Å². The highest BCUT2D eigenvalue weighted by Gasteiger charge is 2.19. The number of aliphatic imine (C=N–C) groups is 1. The normalized spacial score (nSPS) is 16.0. The van der Waals surface area contributed by atoms with E-state index in [1.807, 2.05) is 18.3 Å². The van der Waals surface area contributed by atoms with E-state index in [4.69, 9.17) is 10.5 Å². The number of methoxy groups -OCH3 is 1. The Morgan fingerprint density at radius 1 is 1.11 bits per heavy atom. The number of aromatic nitrogens is 2. The van der Waals surface area contributed by atoms with Crippen LogP contribution in [0.3, 0.4) is 0 Å². The van der Waals surface area contributed by atoms with Crippen LogP contribution in [0.1, 0.15) is 34.6 Å². The van der Waals surface area contributed by atoms with Crippen molar-refractivity contribution in [1.29, 1.82) is 0 Å². The number of rotatable bonds is 9. The molecule has 0 bridgehead atoms. The van der Waals surface area contributed by atoms with Crippen LogP contribution in [-0.2, 0) is 24.6 Å². The van der Waals surface area contributed by atoms with Crippen LogP contribution in [0.15, 0.2) is 64.6 Å². The zero-order valence-electron chi connectivity index (χ0n) is 25.9. The molecular weight excluding hydrogens is 589 g/mol. The molecule has 11 heteroatoms. The van der Waals surface area contributed by atoms with E-state index in [1.54, 1.807) is 56.0 Å². The highest BCUT2D eigenvalue weighted by molar-refractivity contribution is 7.14. The average Bonchev–Trinajstić information content (AvgIpc) is 3.34. The fourth-order valence-corrected chi connectivity index (χ4v) is 7.15. The number of amidine groups is 1. The monoisotopic (exact) mass is 629 g/mol. The molecule has 9 nitrogen and oxygen atoms in total. The summed E-state index contributed by atoms with van der Waals surface area (Å²) in [7, 11) is 3.38. The van der Waals surface area contributed by atoms with Crippen molar-refractivity contribution in [2.24, 2.45) is 17.8 Å². The molecular formula is C34H40FN7O2S. The minimum absolute atomic E-state index is 0.161. The molecule has 1 aliphatic carbocycles. The van der Waals surface area contributed by atoms with Crippen LogP contribution in [0.4, 0.5) is 27.3 Å². The minimum Gasteiger partial charge on any atom is -0.383 e. The minimum atomic E-state index is -0.493. The second-order valence-corrected chi connectivity index (χ2v) is 12.8. The molecule has 45 heavy (non-hydrogen) atoms. The van der Waals surface area contributed by atoms with E-state index < -0.39 is 5.82 Å². The van der Waals surface area contributed by atoms with Crippen molar-refractivity contribution >= 4 is 40.1 Å². The van der Waals surface area contributed by atoms with Crippen LogP contribution in [0.25, 0.3) is 11.1 Å². The van der Waals surface area contributed by atoms with Gasteiger partial charge in [-0.1, -0.05) is 18.6 Å². The third-order valence-corrected chi connectivity index (χ3v) is 9.83. The fourth-order valence-electron chi connectivity index (χ4n) is 5.99. The SMILES string of the molecule is COCCN1CCN(c2ccc(Nc3cc(-c4cccc(N=C(N)c5cc6c(s5)CCCCC6)c4F)cn(C)c3=O)nc2)CC1. The van der Waals surface area contributed by atoms with Gasteiger partial charge in [0.25, 0.3) is 5.56 Å². The fraction of sp³-hybridized carbons (Fsp3) is 0.382. The largest absolute Gasteiger partial charge is 0.383 e. The maximum Gasteiger partial charge on any atom is 0.274 e. The number of nitrogens with zero attached hydrogens (tertiary/aromatic N) is 5. The number of pyridine rings is 2. The van der Waals surface area contributed by atoms with Crippen molar-refractivity contribution in [2.45, 2.75) is 32.1 Å². The second-order valence-electron chi connectivity index (χ2n) is 11.7. The van der Waals surface area contributed by atoms with Crippen LogP contribution < -0.4 is 21.5 Å². The first kappa shape index (κ1) is 30.9. The van der Waals surface area contributed by atoms with E-state index in [0.29, 0.717) is 28.5 Å². The first-order chi connectivity index (χ1) is 21.9. The topological polar surface area (TPSA) is 101 Å². The third-order valence-electron chi connectivity index (χ3n) is 8.57. The molecule has 4 aromatic rings. The maximum atomic E-state index is 15.9. The molecule has 0 amide bonds. The van der Waals surface area contributed by atoms with Gasteiger partial charge in [0.15, 0.2) is 5.82 Å². The van der Waals surface area contributed by atoms with Gasteiger partial charge in [0, 0.05) is 69.1 Å². The van der Waals surface area contributed by atoms with Crippen molar-refractivity contribution in [1.82, 2.24) is 14.5 Å². The van der Waals surface area contributed by atoms with Gasteiger partial charge in [0.1, 0.15) is 23.0 Å². The highest BCUT2D eigenvalue weighted by atomic mass is 32.1. The first-order valence-corrected chi connectivity index (χ1v) is 16.4. The van der Waals surface area contributed by atoms with Crippen LogP contribution in [0, 0.1) is 5.82 Å². The number of anilines is 3. The predicted molar refractivity (Wildman–Crippen MR) is 181 cm³/mol. The summed E-state index contributed by atoms with van der Waals surface area (Å²) in [6, 6.07) is 12.7. The number of piperazine rings is 1. The zero-order chi connectivity index (χ0) is 31.3. The molecule has 3 aromatic heterocycles. The molecule has 0 unspecified atom stereocenters. The summed E-state index contributed by atoms with van der Waals surface area (Å²) >= 11 is 1.66. The number of hydrogen-bond acceptors (Lipinski definition) is 8. The summed E-state index contributed by atoms with van der Waals surface area (Å²) in [4.78, 5) is 29.1. The van der Waals surface area contributed by atoms with Crippen LogP contribution >= 0.6 is 11.3 Å². The van der Waals surface area contributed by atoms with Crippen LogP contribution in [0.5, 0.6) is 0 Å². The van der Waals surface area contributed by atoms with E-state index in [-0.39, 0.29) is 11.2 Å². The number of nitrogens with two attached hydrogens (primary N) is 1. The van der Waals surface area contributed by atoms with Gasteiger partial charge in [-0.05, 0) is 61.6 Å². The molecule has 2 aliphatic rings. The molecule has 3 N–H and O–H groups in total. The van der Waals surface area contributed by atoms with E-state index in [2.05, 4.69) is 31.2 Å². The van der Waals surface area contributed by atoms with Crippen molar-refractivity contribution in [2.75, 3.05) is 56.7 Å². The van der Waals surface area contributed by atoms with Crippen molar-refractivity contribution < 1.29 is 9.13 Å². The summed E-state index contributed by atoms with van der Waals surface area (Å²) < 4.78 is 22.6. The average molecular weight is 630 g/mol. The van der Waals surface area contributed by atoms with Gasteiger partial charge < -0.3 is 25.3 Å². The number of halogens is 1. The van der Waals surface area contributed by atoms with Crippen molar-refractivity contribution in [3.63, 3.8) is 0 Å². The Balaban J connectivity index is 1.19.